The van der Waals surface area contributed by atoms with Gasteiger partial charge in [-0.1, -0.05) is 6.07 Å². The van der Waals surface area contributed by atoms with Gasteiger partial charge in [0, 0.05) is 50.2 Å². The first-order chi connectivity index (χ1) is 16.2. The average Bonchev–Trinajstić information content (AvgIpc) is 3.14. The molecule has 9 heteroatoms. The van der Waals surface area contributed by atoms with Crippen LogP contribution in [0.1, 0.15) is 24.0 Å². The van der Waals surface area contributed by atoms with E-state index in [1.807, 2.05) is 74.9 Å². The maximum absolute atomic E-state index is 9.44. The van der Waals surface area contributed by atoms with Gasteiger partial charge in [0.1, 0.15) is 17.3 Å². The number of methoxy groups -OCH3 is 1. The monoisotopic (exact) mass is 458 g/mol. The summed E-state index contributed by atoms with van der Waals surface area (Å²) in [5, 5.41) is 19.3. The van der Waals surface area contributed by atoms with Gasteiger partial charge in [0.05, 0.1) is 36.2 Å². The quantitative estimate of drug-likeness (QED) is 0.408. The SMILES string of the molecule is COc1cc(-c2cnc(C)n2C)ccc1NN(C)c1c(C=N)cc(C)nc1N1CC(C)(C#N)C1. The van der Waals surface area contributed by atoms with Gasteiger partial charge in [-0.25, -0.2) is 9.97 Å². The molecule has 0 radical (unpaired) electrons. The fourth-order valence-corrected chi connectivity index (χ4v) is 4.32. The highest BCUT2D eigenvalue weighted by Crippen LogP contribution is 2.40. The van der Waals surface area contributed by atoms with Gasteiger partial charge in [0.15, 0.2) is 5.82 Å². The van der Waals surface area contributed by atoms with E-state index in [-0.39, 0.29) is 5.41 Å². The van der Waals surface area contributed by atoms with Gasteiger partial charge in [-0.05, 0) is 39.0 Å². The summed E-state index contributed by atoms with van der Waals surface area (Å²) in [6.45, 7) is 7.03. The van der Waals surface area contributed by atoms with Gasteiger partial charge in [0.25, 0.3) is 0 Å². The van der Waals surface area contributed by atoms with Crippen LogP contribution in [-0.2, 0) is 7.05 Å². The second kappa shape index (κ2) is 8.71. The fourth-order valence-electron chi connectivity index (χ4n) is 4.32. The van der Waals surface area contributed by atoms with Crippen LogP contribution in [-0.4, -0.2) is 48.0 Å². The van der Waals surface area contributed by atoms with E-state index in [2.05, 4.69) is 21.4 Å². The molecule has 0 saturated carbocycles. The van der Waals surface area contributed by atoms with E-state index in [1.54, 1.807) is 7.11 Å². The number of aromatic nitrogens is 3. The molecule has 0 atom stereocenters. The van der Waals surface area contributed by atoms with Crippen molar-refractivity contribution >= 4 is 23.4 Å². The number of benzene rings is 1. The van der Waals surface area contributed by atoms with Gasteiger partial charge in [0.2, 0.25) is 0 Å². The average molecular weight is 459 g/mol. The number of hydrazine groups is 1. The molecule has 0 aliphatic carbocycles. The lowest BCUT2D eigenvalue weighted by Crippen LogP contribution is -2.55. The Balaban J connectivity index is 1.68. The summed E-state index contributed by atoms with van der Waals surface area (Å²) >= 11 is 0. The first-order valence-corrected chi connectivity index (χ1v) is 11.0. The Morgan fingerprint density at radius 2 is 2.03 bits per heavy atom. The molecule has 1 fully saturated rings. The molecule has 1 aromatic carbocycles. The molecular formula is C25H30N8O. The summed E-state index contributed by atoms with van der Waals surface area (Å²) in [6, 6.07) is 10.2. The molecule has 1 saturated heterocycles. The summed E-state index contributed by atoms with van der Waals surface area (Å²) in [7, 11) is 5.52. The van der Waals surface area contributed by atoms with Crippen molar-refractivity contribution in [2.45, 2.75) is 20.8 Å². The molecule has 0 amide bonds. The normalized spacial score (nSPS) is 14.2. The zero-order valence-corrected chi connectivity index (χ0v) is 20.5. The van der Waals surface area contributed by atoms with Gasteiger partial charge in [-0.15, -0.1) is 0 Å². The first-order valence-electron chi connectivity index (χ1n) is 11.0. The maximum Gasteiger partial charge on any atom is 0.155 e. The Bertz CT molecular complexity index is 1280. The third kappa shape index (κ3) is 4.03. The zero-order valence-electron chi connectivity index (χ0n) is 20.5. The van der Waals surface area contributed by atoms with Crippen LogP contribution in [0.2, 0.25) is 0 Å². The Morgan fingerprint density at radius 1 is 1.29 bits per heavy atom. The van der Waals surface area contributed by atoms with E-state index >= 15 is 0 Å². The van der Waals surface area contributed by atoms with Crippen LogP contribution in [0.25, 0.3) is 11.3 Å². The molecule has 4 rings (SSSR count). The number of anilines is 3. The van der Waals surface area contributed by atoms with E-state index in [4.69, 9.17) is 15.1 Å². The summed E-state index contributed by atoms with van der Waals surface area (Å²) in [5.41, 5.74) is 8.13. The molecule has 0 bridgehead atoms. The summed E-state index contributed by atoms with van der Waals surface area (Å²) in [6.07, 6.45) is 3.19. The number of nitrogens with one attached hydrogen (secondary N) is 2. The van der Waals surface area contributed by atoms with Crippen molar-refractivity contribution in [3.63, 3.8) is 0 Å². The molecule has 2 N–H and O–H groups in total. The Hall–Kier alpha value is -4.06. The summed E-state index contributed by atoms with van der Waals surface area (Å²) in [4.78, 5) is 11.2. The van der Waals surface area contributed by atoms with Crippen molar-refractivity contribution in [1.82, 2.24) is 14.5 Å². The molecular weight excluding hydrogens is 428 g/mol. The molecule has 9 nitrogen and oxygen atoms in total. The maximum atomic E-state index is 9.44. The lowest BCUT2D eigenvalue weighted by atomic mass is 9.83. The van der Waals surface area contributed by atoms with Crippen molar-refractivity contribution < 1.29 is 4.74 Å². The molecule has 2 aromatic heterocycles. The van der Waals surface area contributed by atoms with Crippen LogP contribution in [0.4, 0.5) is 17.2 Å². The molecule has 176 valence electrons. The first kappa shape index (κ1) is 23.1. The number of nitriles is 1. The van der Waals surface area contributed by atoms with Crippen LogP contribution < -0.4 is 20.1 Å². The number of ether oxygens (including phenoxy) is 1. The highest BCUT2D eigenvalue weighted by Gasteiger charge is 2.41. The Kier molecular flexibility index (Phi) is 5.92. The van der Waals surface area contributed by atoms with E-state index < -0.39 is 0 Å². The second-order valence-corrected chi connectivity index (χ2v) is 9.03. The standard InChI is InChI=1S/C25H30N8O/c1-16-9-19(11-26)23(24(29-16)33-14-25(3,13-27)15-33)32(5)30-20-8-7-18(10-22(20)34-6)21-12-28-17(2)31(21)4/h7-12,26,30H,14-15H2,1-6H3. The van der Waals surface area contributed by atoms with E-state index in [0.717, 1.165) is 45.5 Å². The van der Waals surface area contributed by atoms with Crippen LogP contribution >= 0.6 is 0 Å². The second-order valence-electron chi connectivity index (χ2n) is 9.03. The Labute approximate surface area is 200 Å². The lowest BCUT2D eigenvalue weighted by molar-refractivity contribution is 0.334. The third-order valence-corrected chi connectivity index (χ3v) is 6.28. The minimum Gasteiger partial charge on any atom is -0.494 e. The number of hydrogen-bond acceptors (Lipinski definition) is 8. The van der Waals surface area contributed by atoms with Gasteiger partial charge in [-0.3, -0.25) is 10.4 Å². The largest absolute Gasteiger partial charge is 0.494 e. The lowest BCUT2D eigenvalue weighted by Gasteiger charge is -2.45. The minimum absolute atomic E-state index is 0.386. The van der Waals surface area contributed by atoms with Gasteiger partial charge in [-0.2, -0.15) is 5.26 Å². The smallest absolute Gasteiger partial charge is 0.155 e. The number of pyridine rings is 1. The minimum atomic E-state index is -0.386. The van der Waals surface area contributed by atoms with Crippen LogP contribution in [0.15, 0.2) is 30.5 Å². The highest BCUT2D eigenvalue weighted by molar-refractivity contribution is 5.92. The zero-order chi connectivity index (χ0) is 24.6. The summed E-state index contributed by atoms with van der Waals surface area (Å²) in [5.74, 6) is 2.37. The highest BCUT2D eigenvalue weighted by atomic mass is 16.5. The van der Waals surface area contributed by atoms with Crippen molar-refractivity contribution in [2.24, 2.45) is 12.5 Å². The van der Waals surface area contributed by atoms with Crippen molar-refractivity contribution in [3.8, 4) is 23.1 Å². The number of hydrogen-bond donors (Lipinski definition) is 2. The molecule has 3 aromatic rings. The predicted molar refractivity (Wildman–Crippen MR) is 135 cm³/mol. The van der Waals surface area contributed by atoms with Gasteiger partial charge < -0.3 is 19.6 Å². The molecule has 0 spiro atoms. The van der Waals surface area contributed by atoms with E-state index in [1.165, 1.54) is 6.21 Å². The Morgan fingerprint density at radius 3 is 2.62 bits per heavy atom. The van der Waals surface area contributed by atoms with E-state index in [9.17, 15) is 5.26 Å². The van der Waals surface area contributed by atoms with Crippen molar-refractivity contribution in [2.75, 3.05) is 42.6 Å². The predicted octanol–water partition coefficient (Wildman–Crippen LogP) is 3.92. The third-order valence-electron chi connectivity index (χ3n) is 6.28. The number of imidazole rings is 1. The van der Waals surface area contributed by atoms with Crippen LogP contribution in [0.3, 0.4) is 0 Å². The molecule has 3 heterocycles. The number of nitrogens with zero attached hydrogens (tertiary/aromatic N) is 6. The number of aryl methyl sites for hydroxylation is 2. The van der Waals surface area contributed by atoms with Crippen molar-refractivity contribution in [1.29, 1.82) is 10.7 Å². The number of rotatable bonds is 7. The van der Waals surface area contributed by atoms with Crippen molar-refractivity contribution in [3.05, 3.63) is 47.5 Å². The molecule has 1 aliphatic rings. The molecule has 1 aliphatic heterocycles. The summed E-state index contributed by atoms with van der Waals surface area (Å²) < 4.78 is 7.73. The van der Waals surface area contributed by atoms with Gasteiger partial charge >= 0.3 is 0 Å². The van der Waals surface area contributed by atoms with Crippen LogP contribution in [0, 0.1) is 36.0 Å². The fraction of sp³-hybridized carbons (Fsp3) is 0.360. The molecule has 34 heavy (non-hydrogen) atoms. The topological polar surface area (TPSA) is 106 Å². The van der Waals surface area contributed by atoms with E-state index in [0.29, 0.717) is 18.8 Å². The molecule has 0 unspecified atom stereocenters. The van der Waals surface area contributed by atoms with Crippen LogP contribution in [0.5, 0.6) is 5.75 Å².